The normalized spacial score (nSPS) is 13.8. The summed E-state index contributed by atoms with van der Waals surface area (Å²) < 4.78 is 0. The first-order valence-corrected chi connectivity index (χ1v) is 7.17. The smallest absolute Gasteiger partial charge is 0.326 e. The number of carboxylic acids is 1. The van der Waals surface area contributed by atoms with E-state index in [1.54, 1.807) is 12.3 Å². The summed E-state index contributed by atoms with van der Waals surface area (Å²) in [6, 6.07) is -1.60. The molecule has 0 aromatic carbocycles. The van der Waals surface area contributed by atoms with Crippen molar-refractivity contribution in [3.8, 4) is 0 Å². The van der Waals surface area contributed by atoms with Gasteiger partial charge in [-0.25, -0.2) is 4.98 Å². The van der Waals surface area contributed by atoms with Crippen LogP contribution < -0.4 is 16.4 Å². The molecule has 1 heterocycles. The van der Waals surface area contributed by atoms with E-state index in [-0.39, 0.29) is 11.6 Å². The largest absolute Gasteiger partial charge is 0.480 e. The van der Waals surface area contributed by atoms with Crippen LogP contribution in [0.1, 0.15) is 32.5 Å². The van der Waals surface area contributed by atoms with E-state index >= 15 is 0 Å². The zero-order valence-corrected chi connectivity index (χ0v) is 12.5. The fourth-order valence-electron chi connectivity index (χ4n) is 1.33. The SMILES string of the molecule is CC(C)CNC(=O)C(C)Nc1nc(C(N)C(=O)O)cs1. The number of aromatic nitrogens is 1. The summed E-state index contributed by atoms with van der Waals surface area (Å²) in [7, 11) is 0. The van der Waals surface area contributed by atoms with Gasteiger partial charge in [0.25, 0.3) is 0 Å². The molecule has 1 rings (SSSR count). The van der Waals surface area contributed by atoms with Crippen molar-refractivity contribution in [3.05, 3.63) is 11.1 Å². The predicted octanol–water partition coefficient (Wildman–Crippen LogP) is 0.800. The summed E-state index contributed by atoms with van der Waals surface area (Å²) in [6.45, 7) is 6.35. The number of nitrogens with zero attached hydrogens (tertiary/aromatic N) is 1. The van der Waals surface area contributed by atoms with Gasteiger partial charge < -0.3 is 21.5 Å². The third kappa shape index (κ3) is 4.78. The molecule has 0 saturated carbocycles. The Balaban J connectivity index is 2.56. The average Bonchev–Trinajstić information content (AvgIpc) is 2.82. The molecular formula is C12H20N4O3S. The van der Waals surface area contributed by atoms with Crippen LogP contribution in [0.4, 0.5) is 5.13 Å². The van der Waals surface area contributed by atoms with Gasteiger partial charge in [0, 0.05) is 11.9 Å². The molecule has 1 aromatic heterocycles. The van der Waals surface area contributed by atoms with Crippen molar-refractivity contribution < 1.29 is 14.7 Å². The van der Waals surface area contributed by atoms with Crippen molar-refractivity contribution >= 4 is 28.3 Å². The predicted molar refractivity (Wildman–Crippen MR) is 77.6 cm³/mol. The third-order valence-electron chi connectivity index (χ3n) is 2.52. The number of nitrogens with two attached hydrogens (primary N) is 1. The standard InChI is InChI=1S/C12H20N4O3S/c1-6(2)4-14-10(17)7(3)15-12-16-8(5-20-12)9(13)11(18)19/h5-7,9H,4,13H2,1-3H3,(H,14,17)(H,15,16)(H,18,19). The fraction of sp³-hybridized carbons (Fsp3) is 0.583. The van der Waals surface area contributed by atoms with Gasteiger partial charge in [-0.2, -0.15) is 0 Å². The number of hydrogen-bond donors (Lipinski definition) is 4. The number of carboxylic acid groups (broad SMARTS) is 1. The molecule has 5 N–H and O–H groups in total. The van der Waals surface area contributed by atoms with Crippen molar-refractivity contribution in [1.82, 2.24) is 10.3 Å². The Morgan fingerprint density at radius 1 is 1.45 bits per heavy atom. The number of carbonyl (C=O) groups excluding carboxylic acids is 1. The van der Waals surface area contributed by atoms with Crippen LogP contribution in [0.3, 0.4) is 0 Å². The second-order valence-electron chi connectivity index (χ2n) is 4.90. The van der Waals surface area contributed by atoms with E-state index in [0.29, 0.717) is 17.6 Å². The highest BCUT2D eigenvalue weighted by Crippen LogP contribution is 2.20. The molecule has 112 valence electrons. The van der Waals surface area contributed by atoms with Gasteiger partial charge in [0.2, 0.25) is 5.91 Å². The number of anilines is 1. The Hall–Kier alpha value is -1.67. The first-order chi connectivity index (χ1) is 9.31. The number of rotatable bonds is 7. The Bertz CT molecular complexity index is 475. The van der Waals surface area contributed by atoms with E-state index < -0.39 is 18.1 Å². The van der Waals surface area contributed by atoms with Crippen LogP contribution in [0.15, 0.2) is 5.38 Å². The van der Waals surface area contributed by atoms with Crippen LogP contribution in [-0.4, -0.2) is 34.6 Å². The average molecular weight is 300 g/mol. The van der Waals surface area contributed by atoms with Crippen LogP contribution >= 0.6 is 11.3 Å². The molecule has 8 heteroatoms. The maximum Gasteiger partial charge on any atom is 0.326 e. The van der Waals surface area contributed by atoms with Gasteiger partial charge in [-0.1, -0.05) is 13.8 Å². The van der Waals surface area contributed by atoms with E-state index in [0.717, 1.165) is 0 Å². The number of hydrogen-bond acceptors (Lipinski definition) is 6. The maximum absolute atomic E-state index is 11.8. The minimum Gasteiger partial charge on any atom is -0.480 e. The molecule has 0 aliphatic carbocycles. The lowest BCUT2D eigenvalue weighted by molar-refractivity contribution is -0.138. The minimum atomic E-state index is -1.15. The summed E-state index contributed by atoms with van der Waals surface area (Å²) in [5, 5.41) is 16.6. The number of thiazole rings is 1. The van der Waals surface area contributed by atoms with Gasteiger partial charge in [-0.15, -0.1) is 11.3 Å². The van der Waals surface area contributed by atoms with Crippen molar-refractivity contribution in [1.29, 1.82) is 0 Å². The lowest BCUT2D eigenvalue weighted by Crippen LogP contribution is -2.39. The lowest BCUT2D eigenvalue weighted by atomic mass is 10.2. The van der Waals surface area contributed by atoms with Gasteiger partial charge in [-0.05, 0) is 12.8 Å². The Kier molecular flexibility index (Phi) is 5.90. The second-order valence-corrected chi connectivity index (χ2v) is 5.76. The van der Waals surface area contributed by atoms with Crippen LogP contribution in [0.5, 0.6) is 0 Å². The molecule has 0 aliphatic rings. The van der Waals surface area contributed by atoms with E-state index in [1.165, 1.54) is 11.3 Å². The highest BCUT2D eigenvalue weighted by Gasteiger charge is 2.19. The van der Waals surface area contributed by atoms with Gasteiger partial charge in [0.15, 0.2) is 5.13 Å². The molecular weight excluding hydrogens is 280 g/mol. The van der Waals surface area contributed by atoms with E-state index in [2.05, 4.69) is 15.6 Å². The highest BCUT2D eigenvalue weighted by atomic mass is 32.1. The third-order valence-corrected chi connectivity index (χ3v) is 3.32. The van der Waals surface area contributed by atoms with Crippen LogP contribution in [0.2, 0.25) is 0 Å². The van der Waals surface area contributed by atoms with Gasteiger partial charge in [0.05, 0.1) is 5.69 Å². The minimum absolute atomic E-state index is 0.127. The van der Waals surface area contributed by atoms with Crippen molar-refractivity contribution in [2.45, 2.75) is 32.9 Å². The van der Waals surface area contributed by atoms with Crippen LogP contribution in [-0.2, 0) is 9.59 Å². The van der Waals surface area contributed by atoms with Crippen molar-refractivity contribution in [2.75, 3.05) is 11.9 Å². The molecule has 0 aliphatic heterocycles. The molecule has 7 nitrogen and oxygen atoms in total. The molecule has 0 spiro atoms. The quantitative estimate of drug-likeness (QED) is 0.591. The maximum atomic E-state index is 11.8. The Morgan fingerprint density at radius 2 is 2.10 bits per heavy atom. The van der Waals surface area contributed by atoms with E-state index in [9.17, 15) is 9.59 Å². The zero-order valence-electron chi connectivity index (χ0n) is 11.7. The van der Waals surface area contributed by atoms with Crippen LogP contribution in [0, 0.1) is 5.92 Å². The number of carbonyl (C=O) groups is 2. The van der Waals surface area contributed by atoms with Gasteiger partial charge in [0.1, 0.15) is 12.1 Å². The Morgan fingerprint density at radius 3 is 2.65 bits per heavy atom. The molecule has 0 saturated heterocycles. The summed E-state index contributed by atoms with van der Waals surface area (Å²) in [4.78, 5) is 26.6. The van der Waals surface area contributed by atoms with Crippen LogP contribution in [0.25, 0.3) is 0 Å². The topological polar surface area (TPSA) is 117 Å². The molecule has 0 fully saturated rings. The molecule has 0 radical (unpaired) electrons. The first kappa shape index (κ1) is 16.4. The summed E-state index contributed by atoms with van der Waals surface area (Å²) >= 11 is 1.22. The summed E-state index contributed by atoms with van der Waals surface area (Å²) in [6.07, 6.45) is 0. The number of aliphatic carboxylic acids is 1. The van der Waals surface area contributed by atoms with Gasteiger partial charge in [-0.3, -0.25) is 9.59 Å². The lowest BCUT2D eigenvalue weighted by Gasteiger charge is -2.14. The Labute approximate surface area is 121 Å². The molecule has 20 heavy (non-hydrogen) atoms. The number of amides is 1. The van der Waals surface area contributed by atoms with E-state index in [1.807, 2.05) is 13.8 Å². The molecule has 2 atom stereocenters. The molecule has 2 unspecified atom stereocenters. The van der Waals surface area contributed by atoms with Crippen molar-refractivity contribution in [2.24, 2.45) is 11.7 Å². The molecule has 0 bridgehead atoms. The van der Waals surface area contributed by atoms with Crippen molar-refractivity contribution in [3.63, 3.8) is 0 Å². The van der Waals surface area contributed by atoms with E-state index in [4.69, 9.17) is 10.8 Å². The van der Waals surface area contributed by atoms with Gasteiger partial charge >= 0.3 is 5.97 Å². The zero-order chi connectivity index (χ0) is 15.3. The number of nitrogens with one attached hydrogen (secondary N) is 2. The first-order valence-electron chi connectivity index (χ1n) is 6.29. The highest BCUT2D eigenvalue weighted by molar-refractivity contribution is 7.13. The molecule has 1 aromatic rings. The fourth-order valence-corrected chi connectivity index (χ4v) is 2.16. The summed E-state index contributed by atoms with van der Waals surface area (Å²) in [5.41, 5.74) is 5.74. The second kappa shape index (κ2) is 7.20. The molecule has 1 amide bonds. The monoisotopic (exact) mass is 300 g/mol. The summed E-state index contributed by atoms with van der Waals surface area (Å²) in [5.74, 6) is -0.881.